The zero-order chi connectivity index (χ0) is 8.10. The molecular formula is C8H12N3. The molecule has 0 saturated carbocycles. The van der Waals surface area contributed by atoms with Gasteiger partial charge in [-0.05, 0) is 20.4 Å². The highest BCUT2D eigenvalue weighted by Gasteiger charge is 1.91. The number of nitrogens with zero attached hydrogens (tertiary/aromatic N) is 2. The highest BCUT2D eigenvalue weighted by molar-refractivity contribution is 4.99. The molecule has 1 radical (unpaired) electrons. The highest BCUT2D eigenvalue weighted by Crippen LogP contribution is 1.92. The van der Waals surface area contributed by atoms with Gasteiger partial charge in [-0.15, -0.1) is 0 Å². The van der Waals surface area contributed by atoms with Gasteiger partial charge >= 0.3 is 0 Å². The van der Waals surface area contributed by atoms with Crippen LogP contribution in [0.4, 0.5) is 0 Å². The van der Waals surface area contributed by atoms with E-state index in [0.717, 1.165) is 24.5 Å². The van der Waals surface area contributed by atoms with Gasteiger partial charge in [-0.3, -0.25) is 9.97 Å². The molecule has 11 heavy (non-hydrogen) atoms. The molecule has 0 saturated heterocycles. The van der Waals surface area contributed by atoms with Crippen molar-refractivity contribution in [1.82, 2.24) is 15.3 Å². The number of nitrogens with one attached hydrogen (secondary N) is 1. The lowest BCUT2D eigenvalue weighted by Crippen LogP contribution is -2.13. The maximum absolute atomic E-state index is 4.16. The topological polar surface area (TPSA) is 37.8 Å². The summed E-state index contributed by atoms with van der Waals surface area (Å²) in [5.74, 6) is 0. The molecule has 1 aromatic rings. The Morgan fingerprint density at radius 3 is 2.82 bits per heavy atom. The number of hydrogen-bond acceptors (Lipinski definition) is 3. The fourth-order valence-corrected chi connectivity index (χ4v) is 0.727. The Balaban J connectivity index is 2.52. The second-order valence-corrected chi connectivity index (χ2v) is 2.33. The fourth-order valence-electron chi connectivity index (χ4n) is 0.727. The Kier molecular flexibility index (Phi) is 2.98. The maximum Gasteiger partial charge on any atom is 0.0724 e. The first-order chi connectivity index (χ1) is 5.33. The molecule has 1 aromatic heterocycles. The standard InChI is InChI=1S/C8H12N3/c1-3-9-5-8-6-10-7(2)4-11-8/h4,6,9H,1,3,5H2,2H3. The van der Waals surface area contributed by atoms with Crippen LogP contribution < -0.4 is 5.32 Å². The van der Waals surface area contributed by atoms with E-state index in [4.69, 9.17) is 0 Å². The molecule has 3 heteroatoms. The van der Waals surface area contributed by atoms with E-state index < -0.39 is 0 Å². The molecule has 59 valence electrons. The molecule has 0 aliphatic rings. The molecule has 0 bridgehead atoms. The summed E-state index contributed by atoms with van der Waals surface area (Å²) >= 11 is 0. The SMILES string of the molecule is [CH2]CNCc1cnc(C)cn1. The predicted octanol–water partition coefficient (Wildman–Crippen LogP) is 0.709. The zero-order valence-corrected chi connectivity index (χ0v) is 6.67. The van der Waals surface area contributed by atoms with Gasteiger partial charge in [-0.2, -0.15) is 0 Å². The maximum atomic E-state index is 4.16. The smallest absolute Gasteiger partial charge is 0.0724 e. The summed E-state index contributed by atoms with van der Waals surface area (Å²) < 4.78 is 0. The van der Waals surface area contributed by atoms with Gasteiger partial charge in [0, 0.05) is 18.9 Å². The third-order valence-corrected chi connectivity index (χ3v) is 1.32. The van der Waals surface area contributed by atoms with E-state index in [2.05, 4.69) is 22.2 Å². The number of aromatic nitrogens is 2. The van der Waals surface area contributed by atoms with Gasteiger partial charge in [-0.25, -0.2) is 0 Å². The van der Waals surface area contributed by atoms with Crippen LogP contribution in [-0.2, 0) is 6.54 Å². The van der Waals surface area contributed by atoms with Crippen LogP contribution in [0, 0.1) is 13.8 Å². The number of hydrogen-bond donors (Lipinski definition) is 1. The van der Waals surface area contributed by atoms with E-state index in [9.17, 15) is 0 Å². The Morgan fingerprint density at radius 1 is 1.45 bits per heavy atom. The third kappa shape index (κ3) is 2.63. The van der Waals surface area contributed by atoms with Crippen molar-refractivity contribution in [2.24, 2.45) is 0 Å². The second kappa shape index (κ2) is 4.03. The molecule has 1 heterocycles. The minimum Gasteiger partial charge on any atom is -0.311 e. The van der Waals surface area contributed by atoms with Crippen molar-refractivity contribution in [3.8, 4) is 0 Å². The monoisotopic (exact) mass is 150 g/mol. The molecule has 0 aliphatic carbocycles. The van der Waals surface area contributed by atoms with Crippen molar-refractivity contribution in [3.63, 3.8) is 0 Å². The molecule has 0 spiro atoms. The second-order valence-electron chi connectivity index (χ2n) is 2.33. The molecular weight excluding hydrogens is 138 g/mol. The first-order valence-corrected chi connectivity index (χ1v) is 3.60. The molecule has 0 aromatic carbocycles. The van der Waals surface area contributed by atoms with E-state index in [1.165, 1.54) is 0 Å². The molecule has 0 amide bonds. The number of aryl methyl sites for hydroxylation is 1. The van der Waals surface area contributed by atoms with Crippen molar-refractivity contribution >= 4 is 0 Å². The fraction of sp³-hybridized carbons (Fsp3) is 0.375. The first kappa shape index (κ1) is 8.14. The Morgan fingerprint density at radius 2 is 2.27 bits per heavy atom. The minimum atomic E-state index is 0.718. The third-order valence-electron chi connectivity index (χ3n) is 1.32. The van der Waals surface area contributed by atoms with Gasteiger partial charge in [0.2, 0.25) is 0 Å². The van der Waals surface area contributed by atoms with Crippen LogP contribution in [0.3, 0.4) is 0 Å². The van der Waals surface area contributed by atoms with Crippen LogP contribution in [0.15, 0.2) is 12.4 Å². The normalized spacial score (nSPS) is 10.0. The van der Waals surface area contributed by atoms with E-state index in [1.807, 2.05) is 6.92 Å². The molecule has 1 N–H and O–H groups in total. The van der Waals surface area contributed by atoms with Crippen LogP contribution in [0.25, 0.3) is 0 Å². The lowest BCUT2D eigenvalue weighted by atomic mass is 10.4. The van der Waals surface area contributed by atoms with Crippen molar-refractivity contribution < 1.29 is 0 Å². The average molecular weight is 150 g/mol. The van der Waals surface area contributed by atoms with Crippen molar-refractivity contribution in [3.05, 3.63) is 30.7 Å². The summed E-state index contributed by atoms with van der Waals surface area (Å²) in [6.45, 7) is 7.05. The van der Waals surface area contributed by atoms with E-state index in [-0.39, 0.29) is 0 Å². The molecule has 0 aliphatic heterocycles. The van der Waals surface area contributed by atoms with Gasteiger partial charge in [-0.1, -0.05) is 0 Å². The quantitative estimate of drug-likeness (QED) is 0.689. The van der Waals surface area contributed by atoms with Crippen LogP contribution in [0.2, 0.25) is 0 Å². The molecule has 1 rings (SSSR count). The predicted molar refractivity (Wildman–Crippen MR) is 43.8 cm³/mol. The molecule has 0 atom stereocenters. The lowest BCUT2D eigenvalue weighted by molar-refractivity contribution is 0.732. The Labute approximate surface area is 66.9 Å². The lowest BCUT2D eigenvalue weighted by Gasteiger charge is -1.99. The summed E-state index contributed by atoms with van der Waals surface area (Å²) in [6.07, 6.45) is 3.54. The van der Waals surface area contributed by atoms with E-state index >= 15 is 0 Å². The highest BCUT2D eigenvalue weighted by atomic mass is 14.9. The Hall–Kier alpha value is -0.960. The van der Waals surface area contributed by atoms with Crippen LogP contribution >= 0.6 is 0 Å². The summed E-state index contributed by atoms with van der Waals surface area (Å²) in [6, 6.07) is 0. The van der Waals surface area contributed by atoms with Gasteiger partial charge in [0.15, 0.2) is 0 Å². The van der Waals surface area contributed by atoms with Crippen LogP contribution in [0.5, 0.6) is 0 Å². The summed E-state index contributed by atoms with van der Waals surface area (Å²) in [5, 5.41) is 3.07. The van der Waals surface area contributed by atoms with Gasteiger partial charge in [0.25, 0.3) is 0 Å². The minimum absolute atomic E-state index is 0.718. The van der Waals surface area contributed by atoms with Crippen molar-refractivity contribution in [2.75, 3.05) is 6.54 Å². The van der Waals surface area contributed by atoms with E-state index in [1.54, 1.807) is 12.4 Å². The van der Waals surface area contributed by atoms with Crippen molar-refractivity contribution in [1.29, 1.82) is 0 Å². The van der Waals surface area contributed by atoms with Crippen LogP contribution in [-0.4, -0.2) is 16.5 Å². The number of rotatable bonds is 3. The summed E-state index contributed by atoms with van der Waals surface area (Å²) in [4.78, 5) is 8.27. The average Bonchev–Trinajstić information content (AvgIpc) is 2.04. The van der Waals surface area contributed by atoms with Crippen molar-refractivity contribution in [2.45, 2.75) is 13.5 Å². The van der Waals surface area contributed by atoms with Crippen LogP contribution in [0.1, 0.15) is 11.4 Å². The van der Waals surface area contributed by atoms with Gasteiger partial charge in [0.05, 0.1) is 11.4 Å². The first-order valence-electron chi connectivity index (χ1n) is 3.60. The molecule has 3 nitrogen and oxygen atoms in total. The Bertz CT molecular complexity index is 205. The van der Waals surface area contributed by atoms with Gasteiger partial charge < -0.3 is 5.32 Å². The largest absolute Gasteiger partial charge is 0.311 e. The van der Waals surface area contributed by atoms with E-state index in [0.29, 0.717) is 0 Å². The zero-order valence-electron chi connectivity index (χ0n) is 6.67. The summed E-state index contributed by atoms with van der Waals surface area (Å²) in [5.41, 5.74) is 1.91. The van der Waals surface area contributed by atoms with Gasteiger partial charge in [0.1, 0.15) is 0 Å². The molecule has 0 fully saturated rings. The summed E-state index contributed by atoms with van der Waals surface area (Å²) in [7, 11) is 0. The molecule has 0 unspecified atom stereocenters.